The molecule has 22 heavy (non-hydrogen) atoms. The maximum atomic E-state index is 12.6. The molecule has 0 radical (unpaired) electrons. The molecule has 4 nitrogen and oxygen atoms in total. The van der Waals surface area contributed by atoms with Gasteiger partial charge in [-0.3, -0.25) is 4.79 Å². The van der Waals surface area contributed by atoms with Crippen LogP contribution in [0.4, 0.5) is 0 Å². The number of aromatic hydroxyl groups is 1. The molecule has 1 aromatic carbocycles. The van der Waals surface area contributed by atoms with E-state index >= 15 is 0 Å². The first-order chi connectivity index (χ1) is 10.4. The molecule has 2 rings (SSSR count). The van der Waals surface area contributed by atoms with Gasteiger partial charge in [0.2, 0.25) is 0 Å². The molecule has 0 unspecified atom stereocenters. The molecule has 0 atom stereocenters. The second-order valence-electron chi connectivity index (χ2n) is 5.59. The first-order valence-electron chi connectivity index (χ1n) is 7.86. The third-order valence-corrected chi connectivity index (χ3v) is 4.17. The Labute approximate surface area is 131 Å². The van der Waals surface area contributed by atoms with Gasteiger partial charge in [0.1, 0.15) is 5.69 Å². The van der Waals surface area contributed by atoms with Crippen molar-refractivity contribution in [3.8, 4) is 16.9 Å². The Balaban J connectivity index is 2.92. The maximum absolute atomic E-state index is 12.6. The van der Waals surface area contributed by atoms with E-state index in [2.05, 4.69) is 38.0 Å². The van der Waals surface area contributed by atoms with Gasteiger partial charge in [-0.05, 0) is 48.4 Å². The predicted octanol–water partition coefficient (Wildman–Crippen LogP) is 3.15. The number of aromatic nitrogens is 2. The average molecular weight is 300 g/mol. The van der Waals surface area contributed by atoms with E-state index in [0.29, 0.717) is 11.3 Å². The van der Waals surface area contributed by atoms with Crippen LogP contribution in [0.25, 0.3) is 11.1 Å². The zero-order valence-corrected chi connectivity index (χ0v) is 14.0. The minimum atomic E-state index is -0.253. The highest BCUT2D eigenvalue weighted by molar-refractivity contribution is 5.76. The van der Waals surface area contributed by atoms with Crippen LogP contribution in [0.1, 0.15) is 43.2 Å². The largest absolute Gasteiger partial charge is 0.505 e. The van der Waals surface area contributed by atoms with Gasteiger partial charge in [0.15, 0.2) is 5.75 Å². The number of benzene rings is 1. The van der Waals surface area contributed by atoms with E-state index in [9.17, 15) is 9.90 Å². The van der Waals surface area contributed by atoms with Crippen molar-refractivity contribution in [2.75, 3.05) is 0 Å². The lowest BCUT2D eigenvalue weighted by molar-refractivity contribution is 0.460. The zero-order valence-electron chi connectivity index (χ0n) is 14.0. The van der Waals surface area contributed by atoms with Gasteiger partial charge in [0.05, 0.1) is 5.56 Å². The summed E-state index contributed by atoms with van der Waals surface area (Å²) in [5.74, 6) is -0.00301. The van der Waals surface area contributed by atoms with Crippen LogP contribution in [0, 0.1) is 6.92 Å². The second kappa shape index (κ2) is 6.34. The number of rotatable bonds is 4. The first kappa shape index (κ1) is 16.3. The van der Waals surface area contributed by atoms with E-state index in [1.807, 2.05) is 0 Å². The lowest BCUT2D eigenvalue weighted by Crippen LogP contribution is -2.23. The lowest BCUT2D eigenvalue weighted by atomic mass is 9.89. The van der Waals surface area contributed by atoms with Crippen molar-refractivity contribution in [2.45, 2.75) is 47.0 Å². The van der Waals surface area contributed by atoms with E-state index in [4.69, 9.17) is 0 Å². The van der Waals surface area contributed by atoms with E-state index in [1.54, 1.807) is 14.0 Å². The van der Waals surface area contributed by atoms with Crippen LogP contribution < -0.4 is 5.56 Å². The molecule has 2 aromatic rings. The van der Waals surface area contributed by atoms with E-state index in [-0.39, 0.29) is 11.3 Å². The standard InChI is InChI=1S/C18H24N2O2/c1-6-12-9-13(7-2)15(14(8-3)10-12)16-17(21)11(4)19-20(5)18(16)22/h9-10,21H,6-8H2,1-5H3. The Morgan fingerprint density at radius 1 is 1.05 bits per heavy atom. The molecule has 4 heteroatoms. The molecule has 0 aliphatic rings. The van der Waals surface area contributed by atoms with Crippen LogP contribution >= 0.6 is 0 Å². The quantitative estimate of drug-likeness (QED) is 0.943. The number of nitrogens with zero attached hydrogens (tertiary/aromatic N) is 2. The summed E-state index contributed by atoms with van der Waals surface area (Å²) >= 11 is 0. The summed E-state index contributed by atoms with van der Waals surface area (Å²) in [5, 5.41) is 14.5. The predicted molar refractivity (Wildman–Crippen MR) is 89.4 cm³/mol. The third kappa shape index (κ3) is 2.65. The summed E-state index contributed by atoms with van der Waals surface area (Å²) in [7, 11) is 1.62. The Bertz CT molecular complexity index is 735. The monoisotopic (exact) mass is 300 g/mol. The van der Waals surface area contributed by atoms with Crippen molar-refractivity contribution < 1.29 is 5.11 Å². The highest BCUT2D eigenvalue weighted by Gasteiger charge is 2.20. The molecule has 0 saturated heterocycles. The van der Waals surface area contributed by atoms with E-state index in [0.717, 1.165) is 36.0 Å². The number of hydrogen-bond donors (Lipinski definition) is 1. The summed E-state index contributed by atoms with van der Waals surface area (Å²) in [6.45, 7) is 8.00. The molecule has 0 amide bonds. The summed E-state index contributed by atoms with van der Waals surface area (Å²) < 4.78 is 1.30. The molecule has 0 bridgehead atoms. The van der Waals surface area contributed by atoms with Gasteiger partial charge in [-0.1, -0.05) is 32.9 Å². The van der Waals surface area contributed by atoms with Gasteiger partial charge in [-0.15, -0.1) is 0 Å². The molecule has 1 N–H and O–H groups in total. The molecule has 0 aliphatic carbocycles. The fourth-order valence-electron chi connectivity index (χ4n) is 2.91. The summed E-state index contributed by atoms with van der Waals surface area (Å²) in [4.78, 5) is 12.6. The Hall–Kier alpha value is -2.10. The maximum Gasteiger partial charge on any atom is 0.278 e. The Morgan fingerprint density at radius 3 is 2.05 bits per heavy atom. The van der Waals surface area contributed by atoms with Crippen LogP contribution in [-0.2, 0) is 26.3 Å². The van der Waals surface area contributed by atoms with Gasteiger partial charge in [-0.2, -0.15) is 5.10 Å². The molecule has 1 aromatic heterocycles. The third-order valence-electron chi connectivity index (χ3n) is 4.17. The Morgan fingerprint density at radius 2 is 1.59 bits per heavy atom. The zero-order chi connectivity index (χ0) is 16.4. The average Bonchev–Trinajstić information content (AvgIpc) is 2.52. The van der Waals surface area contributed by atoms with Gasteiger partial charge < -0.3 is 5.11 Å². The molecular weight excluding hydrogens is 276 g/mol. The van der Waals surface area contributed by atoms with Crippen molar-refractivity contribution in [3.63, 3.8) is 0 Å². The van der Waals surface area contributed by atoms with Crippen molar-refractivity contribution in [1.82, 2.24) is 9.78 Å². The number of aryl methyl sites for hydroxylation is 5. The van der Waals surface area contributed by atoms with Crippen LogP contribution in [0.5, 0.6) is 5.75 Å². The van der Waals surface area contributed by atoms with E-state index in [1.165, 1.54) is 10.2 Å². The van der Waals surface area contributed by atoms with Crippen molar-refractivity contribution in [2.24, 2.45) is 7.05 Å². The second-order valence-corrected chi connectivity index (χ2v) is 5.59. The van der Waals surface area contributed by atoms with E-state index < -0.39 is 0 Å². The van der Waals surface area contributed by atoms with Crippen LogP contribution in [0.3, 0.4) is 0 Å². The topological polar surface area (TPSA) is 55.1 Å². The summed E-state index contributed by atoms with van der Waals surface area (Å²) in [6.07, 6.45) is 2.60. The smallest absolute Gasteiger partial charge is 0.278 e. The minimum absolute atomic E-state index is 0.00301. The van der Waals surface area contributed by atoms with Crippen LogP contribution in [0.15, 0.2) is 16.9 Å². The minimum Gasteiger partial charge on any atom is -0.505 e. The van der Waals surface area contributed by atoms with Crippen molar-refractivity contribution >= 4 is 0 Å². The molecule has 0 fully saturated rings. The molecule has 0 aliphatic heterocycles. The SMILES string of the molecule is CCc1cc(CC)c(-c2c(O)c(C)nn(C)c2=O)c(CC)c1. The molecular formula is C18H24N2O2. The van der Waals surface area contributed by atoms with Gasteiger partial charge in [0.25, 0.3) is 5.56 Å². The number of hydrogen-bond acceptors (Lipinski definition) is 3. The summed E-state index contributed by atoms with van der Waals surface area (Å²) in [6, 6.07) is 4.28. The highest BCUT2D eigenvalue weighted by atomic mass is 16.3. The highest BCUT2D eigenvalue weighted by Crippen LogP contribution is 2.34. The first-order valence-corrected chi connectivity index (χ1v) is 7.86. The normalized spacial score (nSPS) is 11.0. The van der Waals surface area contributed by atoms with Gasteiger partial charge >= 0.3 is 0 Å². The van der Waals surface area contributed by atoms with Crippen LogP contribution in [-0.4, -0.2) is 14.9 Å². The molecule has 1 heterocycles. The van der Waals surface area contributed by atoms with Gasteiger partial charge in [0, 0.05) is 7.05 Å². The Kier molecular flexibility index (Phi) is 4.69. The molecule has 0 spiro atoms. The lowest BCUT2D eigenvalue weighted by Gasteiger charge is -2.17. The van der Waals surface area contributed by atoms with Crippen LogP contribution in [0.2, 0.25) is 0 Å². The van der Waals surface area contributed by atoms with Crippen molar-refractivity contribution in [1.29, 1.82) is 0 Å². The van der Waals surface area contributed by atoms with Crippen molar-refractivity contribution in [3.05, 3.63) is 44.9 Å². The fourth-order valence-corrected chi connectivity index (χ4v) is 2.91. The van der Waals surface area contributed by atoms with Gasteiger partial charge in [-0.25, -0.2) is 4.68 Å². The molecule has 118 valence electrons. The summed E-state index contributed by atoms with van der Waals surface area (Å²) in [5.41, 5.74) is 4.96. The molecule has 0 saturated carbocycles. The fraction of sp³-hybridized carbons (Fsp3) is 0.444.